The van der Waals surface area contributed by atoms with Gasteiger partial charge in [0.2, 0.25) is 0 Å². The molecule has 2 aromatic rings. The van der Waals surface area contributed by atoms with Crippen LogP contribution >= 0.6 is 11.6 Å². The number of hydrogen-bond donors (Lipinski definition) is 1. The zero-order valence-corrected chi connectivity index (χ0v) is 20.6. The lowest BCUT2D eigenvalue weighted by atomic mass is 9.95. The van der Waals surface area contributed by atoms with E-state index in [2.05, 4.69) is 4.90 Å². The Hall–Kier alpha value is -3.07. The van der Waals surface area contributed by atoms with Crippen molar-refractivity contribution < 1.29 is 28.9 Å². The molecule has 0 spiro atoms. The maximum atomic E-state index is 13.2. The highest BCUT2D eigenvalue weighted by molar-refractivity contribution is 6.46. The molecular formula is C26H29ClN2O6. The minimum absolute atomic E-state index is 0.0300. The Morgan fingerprint density at radius 1 is 1.11 bits per heavy atom. The van der Waals surface area contributed by atoms with Gasteiger partial charge in [0.25, 0.3) is 11.7 Å². The maximum absolute atomic E-state index is 13.2. The summed E-state index contributed by atoms with van der Waals surface area (Å²) in [6.07, 6.45) is 0. The average molecular weight is 501 g/mol. The first kappa shape index (κ1) is 25.0. The van der Waals surface area contributed by atoms with Crippen molar-refractivity contribution in [3.05, 3.63) is 64.2 Å². The van der Waals surface area contributed by atoms with Crippen LogP contribution in [0, 0.1) is 0 Å². The Bertz CT molecular complexity index is 1110. The van der Waals surface area contributed by atoms with Crippen LogP contribution in [0.4, 0.5) is 0 Å². The summed E-state index contributed by atoms with van der Waals surface area (Å²) in [6.45, 7) is 6.16. The van der Waals surface area contributed by atoms with Gasteiger partial charge in [0.15, 0.2) is 0 Å². The molecule has 2 aliphatic rings. The van der Waals surface area contributed by atoms with E-state index in [1.54, 1.807) is 24.3 Å². The van der Waals surface area contributed by atoms with E-state index in [1.165, 1.54) is 18.1 Å². The van der Waals surface area contributed by atoms with Gasteiger partial charge in [0.1, 0.15) is 17.3 Å². The first-order chi connectivity index (χ1) is 16.9. The summed E-state index contributed by atoms with van der Waals surface area (Å²) >= 11 is 6.26. The second kappa shape index (κ2) is 11.1. The van der Waals surface area contributed by atoms with Crippen molar-refractivity contribution in [2.75, 3.05) is 53.1 Å². The number of likely N-dealkylation sites (tertiary alicyclic amines) is 1. The molecule has 1 unspecified atom stereocenters. The van der Waals surface area contributed by atoms with Crippen molar-refractivity contribution in [1.29, 1.82) is 0 Å². The number of morpholine rings is 1. The Morgan fingerprint density at radius 2 is 1.83 bits per heavy atom. The van der Waals surface area contributed by atoms with Gasteiger partial charge in [0, 0.05) is 31.7 Å². The summed E-state index contributed by atoms with van der Waals surface area (Å²) in [5.41, 5.74) is 1.07. The highest BCUT2D eigenvalue weighted by Crippen LogP contribution is 2.40. The molecular weight excluding hydrogens is 472 g/mol. The molecule has 186 valence electrons. The van der Waals surface area contributed by atoms with Crippen molar-refractivity contribution in [3.63, 3.8) is 0 Å². The summed E-state index contributed by atoms with van der Waals surface area (Å²) < 4.78 is 16.1. The number of amides is 1. The molecule has 35 heavy (non-hydrogen) atoms. The van der Waals surface area contributed by atoms with Gasteiger partial charge in [-0.1, -0.05) is 23.7 Å². The summed E-state index contributed by atoms with van der Waals surface area (Å²) in [4.78, 5) is 30.1. The lowest BCUT2D eigenvalue weighted by molar-refractivity contribution is -0.140. The van der Waals surface area contributed by atoms with Gasteiger partial charge in [-0.3, -0.25) is 14.5 Å². The second-order valence-electron chi connectivity index (χ2n) is 8.30. The van der Waals surface area contributed by atoms with Crippen LogP contribution in [0.2, 0.25) is 5.02 Å². The summed E-state index contributed by atoms with van der Waals surface area (Å²) in [6, 6.07) is 11.2. The number of ketones is 1. The van der Waals surface area contributed by atoms with E-state index in [-0.39, 0.29) is 16.4 Å². The Balaban J connectivity index is 1.73. The van der Waals surface area contributed by atoms with Gasteiger partial charge < -0.3 is 24.2 Å². The smallest absolute Gasteiger partial charge is 0.295 e. The van der Waals surface area contributed by atoms with Crippen LogP contribution in [0.5, 0.6) is 11.5 Å². The third-order valence-electron chi connectivity index (χ3n) is 6.23. The van der Waals surface area contributed by atoms with E-state index in [1.807, 2.05) is 19.1 Å². The van der Waals surface area contributed by atoms with Crippen LogP contribution in [0.25, 0.3) is 5.76 Å². The predicted molar refractivity (Wildman–Crippen MR) is 132 cm³/mol. The Morgan fingerprint density at radius 3 is 2.46 bits per heavy atom. The monoisotopic (exact) mass is 500 g/mol. The highest BCUT2D eigenvalue weighted by Gasteiger charge is 2.46. The number of methoxy groups -OCH3 is 1. The average Bonchev–Trinajstić information content (AvgIpc) is 3.13. The number of halogens is 1. The van der Waals surface area contributed by atoms with E-state index < -0.39 is 17.7 Å². The number of Topliss-reactive ketones (excluding diaryl/α,β-unsaturated/α-hetero) is 1. The third-order valence-corrected chi connectivity index (χ3v) is 6.53. The molecule has 4 rings (SSSR count). The van der Waals surface area contributed by atoms with Crippen LogP contribution in [-0.2, 0) is 14.3 Å². The van der Waals surface area contributed by atoms with E-state index in [0.29, 0.717) is 55.5 Å². The Kier molecular flexibility index (Phi) is 7.95. The van der Waals surface area contributed by atoms with Crippen molar-refractivity contribution in [2.24, 2.45) is 0 Å². The van der Waals surface area contributed by atoms with Gasteiger partial charge in [-0.2, -0.15) is 0 Å². The van der Waals surface area contributed by atoms with Gasteiger partial charge >= 0.3 is 0 Å². The maximum Gasteiger partial charge on any atom is 0.295 e. The fourth-order valence-corrected chi connectivity index (χ4v) is 4.67. The standard InChI is InChI=1S/C26H29ClN2O6/c1-3-35-19-7-4-17(5-8-19)23-22(24(30)18-6-9-21(33-2)20(27)16-18)25(31)26(32)29(23)11-10-28-12-14-34-15-13-28/h4-9,16,23,30H,3,10-15H2,1-2H3/b24-22-. The zero-order chi connectivity index (χ0) is 24.9. The lowest BCUT2D eigenvalue weighted by Gasteiger charge is -2.31. The van der Waals surface area contributed by atoms with Crippen LogP contribution in [-0.4, -0.2) is 79.7 Å². The SMILES string of the molecule is CCOc1ccc(C2/C(=C(/O)c3ccc(OC)c(Cl)c3)C(=O)C(=O)N2CCN2CCOCC2)cc1. The molecule has 2 heterocycles. The van der Waals surface area contributed by atoms with E-state index in [4.69, 9.17) is 25.8 Å². The Labute approximate surface area is 209 Å². The minimum atomic E-state index is -0.743. The normalized spacial score (nSPS) is 20.3. The molecule has 0 radical (unpaired) electrons. The molecule has 9 heteroatoms. The molecule has 8 nitrogen and oxygen atoms in total. The van der Waals surface area contributed by atoms with E-state index in [0.717, 1.165) is 13.1 Å². The van der Waals surface area contributed by atoms with Crippen LogP contribution in [0.3, 0.4) is 0 Å². The first-order valence-electron chi connectivity index (χ1n) is 11.6. The number of rotatable bonds is 8. The number of aliphatic hydroxyl groups excluding tert-OH is 1. The number of carbonyl (C=O) groups is 2. The molecule has 2 aliphatic heterocycles. The topological polar surface area (TPSA) is 88.5 Å². The third kappa shape index (κ3) is 5.29. The molecule has 0 bridgehead atoms. The largest absolute Gasteiger partial charge is 0.507 e. The van der Waals surface area contributed by atoms with E-state index >= 15 is 0 Å². The summed E-state index contributed by atoms with van der Waals surface area (Å²) in [5.74, 6) is -0.519. The van der Waals surface area contributed by atoms with Gasteiger partial charge in [0.05, 0.1) is 43.6 Å². The van der Waals surface area contributed by atoms with Gasteiger partial charge in [-0.25, -0.2) is 0 Å². The van der Waals surface area contributed by atoms with Crippen LogP contribution in [0.15, 0.2) is 48.0 Å². The van der Waals surface area contributed by atoms with E-state index in [9.17, 15) is 14.7 Å². The molecule has 1 atom stereocenters. The van der Waals surface area contributed by atoms with Crippen LogP contribution < -0.4 is 9.47 Å². The molecule has 1 amide bonds. The molecule has 2 saturated heterocycles. The fraction of sp³-hybridized carbons (Fsp3) is 0.385. The van der Waals surface area contributed by atoms with Gasteiger partial charge in [-0.05, 0) is 42.8 Å². The molecule has 0 aliphatic carbocycles. The number of hydrogen-bond acceptors (Lipinski definition) is 7. The lowest BCUT2D eigenvalue weighted by Crippen LogP contribution is -2.42. The van der Waals surface area contributed by atoms with Gasteiger partial charge in [-0.15, -0.1) is 0 Å². The fourth-order valence-electron chi connectivity index (χ4n) is 4.41. The minimum Gasteiger partial charge on any atom is -0.507 e. The van der Waals surface area contributed by atoms with Crippen molar-refractivity contribution >= 4 is 29.1 Å². The molecule has 2 fully saturated rings. The second-order valence-corrected chi connectivity index (χ2v) is 8.71. The number of benzene rings is 2. The summed E-state index contributed by atoms with van der Waals surface area (Å²) in [7, 11) is 1.49. The van der Waals surface area contributed by atoms with Crippen molar-refractivity contribution in [1.82, 2.24) is 9.80 Å². The summed E-state index contributed by atoms with van der Waals surface area (Å²) in [5, 5.41) is 11.5. The number of nitrogens with zero attached hydrogens (tertiary/aromatic N) is 2. The van der Waals surface area contributed by atoms with Crippen LogP contribution in [0.1, 0.15) is 24.1 Å². The first-order valence-corrected chi connectivity index (χ1v) is 12.0. The molecule has 0 aromatic heterocycles. The number of carbonyl (C=O) groups excluding carboxylic acids is 2. The number of ether oxygens (including phenoxy) is 3. The highest BCUT2D eigenvalue weighted by atomic mass is 35.5. The molecule has 1 N–H and O–H groups in total. The molecule has 2 aromatic carbocycles. The molecule has 0 saturated carbocycles. The zero-order valence-electron chi connectivity index (χ0n) is 19.8. The predicted octanol–water partition coefficient (Wildman–Crippen LogP) is 3.50. The van der Waals surface area contributed by atoms with Crippen molar-refractivity contribution in [2.45, 2.75) is 13.0 Å². The van der Waals surface area contributed by atoms with Crippen molar-refractivity contribution in [3.8, 4) is 11.5 Å². The quantitative estimate of drug-likeness (QED) is 0.337. The number of aliphatic hydroxyl groups is 1.